The van der Waals surface area contributed by atoms with E-state index in [1.165, 1.54) is 6.07 Å². The second-order valence-corrected chi connectivity index (χ2v) is 5.58. The zero-order valence-corrected chi connectivity index (χ0v) is 13.2. The predicted molar refractivity (Wildman–Crippen MR) is 87.0 cm³/mol. The third kappa shape index (κ3) is 4.56. The number of hydrogen-bond acceptors (Lipinski definition) is 2. The highest BCUT2D eigenvalue weighted by Crippen LogP contribution is 2.20. The van der Waals surface area contributed by atoms with E-state index in [9.17, 15) is 9.18 Å². The van der Waals surface area contributed by atoms with E-state index < -0.39 is 5.82 Å². The Kier molecular flexibility index (Phi) is 5.33. The molecule has 0 aliphatic carbocycles. The van der Waals surface area contributed by atoms with Crippen molar-refractivity contribution in [2.75, 3.05) is 17.2 Å². The van der Waals surface area contributed by atoms with Gasteiger partial charge in [0, 0.05) is 23.1 Å². The Hall–Kier alpha value is -1.88. The fraction of sp³-hybridized carbons (Fsp3) is 0.188. The zero-order valence-electron chi connectivity index (χ0n) is 11.6. The average Bonchev–Trinajstić information content (AvgIpc) is 2.44. The van der Waals surface area contributed by atoms with E-state index in [1.54, 1.807) is 18.2 Å². The van der Waals surface area contributed by atoms with Crippen molar-refractivity contribution in [3.05, 3.63) is 58.3 Å². The summed E-state index contributed by atoms with van der Waals surface area (Å²) in [5, 5.41) is 5.75. The summed E-state index contributed by atoms with van der Waals surface area (Å²) in [6.45, 7) is 2.48. The van der Waals surface area contributed by atoms with Crippen molar-refractivity contribution in [1.29, 1.82) is 0 Å². The average molecular weight is 351 g/mol. The van der Waals surface area contributed by atoms with E-state index in [4.69, 9.17) is 0 Å². The van der Waals surface area contributed by atoms with Crippen molar-refractivity contribution in [2.45, 2.75) is 13.3 Å². The fourth-order valence-electron chi connectivity index (χ4n) is 1.91. The Balaban J connectivity index is 1.83. The summed E-state index contributed by atoms with van der Waals surface area (Å²) in [6.07, 6.45) is 0.268. The van der Waals surface area contributed by atoms with Crippen LogP contribution in [0.3, 0.4) is 0 Å². The number of rotatable bonds is 5. The van der Waals surface area contributed by atoms with E-state index in [-0.39, 0.29) is 18.0 Å². The lowest BCUT2D eigenvalue weighted by molar-refractivity contribution is -0.116. The first kappa shape index (κ1) is 15.5. The van der Waals surface area contributed by atoms with Crippen molar-refractivity contribution in [2.24, 2.45) is 0 Å². The van der Waals surface area contributed by atoms with Gasteiger partial charge in [0.15, 0.2) is 0 Å². The molecule has 0 fully saturated rings. The quantitative estimate of drug-likeness (QED) is 0.842. The van der Waals surface area contributed by atoms with Gasteiger partial charge in [-0.3, -0.25) is 4.79 Å². The Morgan fingerprint density at radius 1 is 1.19 bits per heavy atom. The molecular weight excluding hydrogens is 335 g/mol. The maximum atomic E-state index is 13.4. The van der Waals surface area contributed by atoms with Gasteiger partial charge in [0.25, 0.3) is 0 Å². The van der Waals surface area contributed by atoms with Crippen LogP contribution in [0.4, 0.5) is 15.8 Å². The molecule has 21 heavy (non-hydrogen) atoms. The van der Waals surface area contributed by atoms with Crippen molar-refractivity contribution in [3.8, 4) is 0 Å². The summed E-state index contributed by atoms with van der Waals surface area (Å²) in [6, 6.07) is 12.0. The van der Waals surface area contributed by atoms with E-state index >= 15 is 0 Å². The number of halogens is 2. The van der Waals surface area contributed by atoms with Crippen LogP contribution in [-0.2, 0) is 4.79 Å². The van der Waals surface area contributed by atoms with Gasteiger partial charge in [-0.05, 0) is 42.8 Å². The second kappa shape index (κ2) is 7.22. The summed E-state index contributed by atoms with van der Waals surface area (Å²) in [7, 11) is 0. The SMILES string of the molecule is Cc1cc(Br)ccc1NCCC(=O)Nc1ccccc1F. The van der Waals surface area contributed by atoms with Crippen LogP contribution in [-0.4, -0.2) is 12.5 Å². The lowest BCUT2D eigenvalue weighted by Gasteiger charge is -2.10. The molecule has 2 N–H and O–H groups in total. The second-order valence-electron chi connectivity index (χ2n) is 4.66. The number of anilines is 2. The highest BCUT2D eigenvalue weighted by atomic mass is 79.9. The van der Waals surface area contributed by atoms with Gasteiger partial charge in [-0.25, -0.2) is 4.39 Å². The third-order valence-corrected chi connectivity index (χ3v) is 3.50. The third-order valence-electron chi connectivity index (χ3n) is 3.00. The van der Waals surface area contributed by atoms with Crippen molar-refractivity contribution < 1.29 is 9.18 Å². The zero-order chi connectivity index (χ0) is 15.2. The number of amides is 1. The summed E-state index contributed by atoms with van der Waals surface area (Å²) < 4.78 is 14.4. The molecule has 0 radical (unpaired) electrons. The maximum Gasteiger partial charge on any atom is 0.226 e. The Bertz CT molecular complexity index is 646. The molecule has 0 aliphatic rings. The summed E-state index contributed by atoms with van der Waals surface area (Å²) >= 11 is 3.40. The molecule has 3 nitrogen and oxygen atoms in total. The molecule has 2 aromatic carbocycles. The number of para-hydroxylation sites is 1. The largest absolute Gasteiger partial charge is 0.384 e. The smallest absolute Gasteiger partial charge is 0.226 e. The van der Waals surface area contributed by atoms with Gasteiger partial charge in [0.1, 0.15) is 5.82 Å². The molecule has 2 rings (SSSR count). The molecule has 0 aromatic heterocycles. The monoisotopic (exact) mass is 350 g/mol. The molecule has 0 atom stereocenters. The number of hydrogen-bond donors (Lipinski definition) is 2. The first-order chi connectivity index (χ1) is 10.1. The standard InChI is InChI=1S/C16H16BrFN2O/c1-11-10-12(17)6-7-14(11)19-9-8-16(21)20-15-5-3-2-4-13(15)18/h2-7,10,19H,8-9H2,1H3,(H,20,21). The number of carbonyl (C=O) groups is 1. The van der Waals surface area contributed by atoms with Crippen LogP contribution in [0.15, 0.2) is 46.9 Å². The van der Waals surface area contributed by atoms with Crippen molar-refractivity contribution >= 4 is 33.2 Å². The van der Waals surface area contributed by atoms with Gasteiger partial charge >= 0.3 is 0 Å². The lowest BCUT2D eigenvalue weighted by atomic mass is 10.2. The van der Waals surface area contributed by atoms with Gasteiger partial charge in [-0.2, -0.15) is 0 Å². The van der Waals surface area contributed by atoms with Crippen LogP contribution in [0.5, 0.6) is 0 Å². The Morgan fingerprint density at radius 3 is 2.67 bits per heavy atom. The minimum atomic E-state index is -0.428. The van der Waals surface area contributed by atoms with Crippen LogP contribution < -0.4 is 10.6 Å². The molecule has 0 bridgehead atoms. The van der Waals surface area contributed by atoms with Crippen LogP contribution in [0.1, 0.15) is 12.0 Å². The maximum absolute atomic E-state index is 13.4. The highest BCUT2D eigenvalue weighted by molar-refractivity contribution is 9.10. The molecule has 1 amide bonds. The fourth-order valence-corrected chi connectivity index (χ4v) is 2.39. The van der Waals surface area contributed by atoms with Crippen LogP contribution in [0.25, 0.3) is 0 Å². The van der Waals surface area contributed by atoms with E-state index in [0.29, 0.717) is 6.54 Å². The van der Waals surface area contributed by atoms with Crippen LogP contribution >= 0.6 is 15.9 Å². The molecule has 0 heterocycles. The summed E-state index contributed by atoms with van der Waals surface area (Å²) in [5.41, 5.74) is 2.29. The molecule has 0 saturated heterocycles. The number of benzene rings is 2. The van der Waals surface area contributed by atoms with Gasteiger partial charge in [0.2, 0.25) is 5.91 Å². The molecule has 0 aliphatic heterocycles. The van der Waals surface area contributed by atoms with Gasteiger partial charge in [0.05, 0.1) is 5.69 Å². The molecule has 0 unspecified atom stereocenters. The Labute approximate surface area is 131 Å². The first-order valence-electron chi connectivity index (χ1n) is 6.60. The van der Waals surface area contributed by atoms with Crippen molar-refractivity contribution in [1.82, 2.24) is 0 Å². The van der Waals surface area contributed by atoms with E-state index in [0.717, 1.165) is 15.7 Å². The van der Waals surface area contributed by atoms with E-state index in [2.05, 4.69) is 26.6 Å². The van der Waals surface area contributed by atoms with Gasteiger partial charge in [-0.15, -0.1) is 0 Å². The first-order valence-corrected chi connectivity index (χ1v) is 7.40. The normalized spacial score (nSPS) is 10.2. The Morgan fingerprint density at radius 2 is 1.95 bits per heavy atom. The minimum absolute atomic E-state index is 0.210. The van der Waals surface area contributed by atoms with E-state index in [1.807, 2.05) is 25.1 Å². The molecule has 0 saturated carbocycles. The van der Waals surface area contributed by atoms with Crippen molar-refractivity contribution in [3.63, 3.8) is 0 Å². The minimum Gasteiger partial charge on any atom is -0.384 e. The molecule has 2 aromatic rings. The lowest BCUT2D eigenvalue weighted by Crippen LogP contribution is -2.17. The number of carbonyl (C=O) groups excluding carboxylic acids is 1. The molecule has 110 valence electrons. The van der Waals surface area contributed by atoms with Gasteiger partial charge < -0.3 is 10.6 Å². The number of nitrogens with one attached hydrogen (secondary N) is 2. The van der Waals surface area contributed by atoms with Gasteiger partial charge in [-0.1, -0.05) is 28.1 Å². The highest BCUT2D eigenvalue weighted by Gasteiger charge is 2.06. The molecule has 5 heteroatoms. The summed E-state index contributed by atoms with van der Waals surface area (Å²) in [5.74, 6) is -0.648. The molecular formula is C16H16BrFN2O. The van der Waals surface area contributed by atoms with Crippen LogP contribution in [0, 0.1) is 12.7 Å². The van der Waals surface area contributed by atoms with Crippen LogP contribution in [0.2, 0.25) is 0 Å². The predicted octanol–water partition coefficient (Wildman–Crippen LogP) is 4.34. The topological polar surface area (TPSA) is 41.1 Å². The number of aryl methyl sites for hydroxylation is 1. The summed E-state index contributed by atoms with van der Waals surface area (Å²) in [4.78, 5) is 11.8. The molecule has 0 spiro atoms.